The highest BCUT2D eigenvalue weighted by Crippen LogP contribution is 2.25. The summed E-state index contributed by atoms with van der Waals surface area (Å²) in [6.07, 6.45) is 0.515. The Hall–Kier alpha value is -2.28. The van der Waals surface area contributed by atoms with Gasteiger partial charge >= 0.3 is 0 Å². The van der Waals surface area contributed by atoms with Crippen molar-refractivity contribution in [3.8, 4) is 0 Å². The van der Waals surface area contributed by atoms with E-state index < -0.39 is 6.10 Å². The van der Waals surface area contributed by atoms with Gasteiger partial charge < -0.3 is 19.5 Å². The van der Waals surface area contributed by atoms with Crippen molar-refractivity contribution in [1.82, 2.24) is 4.90 Å². The topological polar surface area (TPSA) is 59.0 Å². The van der Waals surface area contributed by atoms with E-state index in [2.05, 4.69) is 0 Å². The summed E-state index contributed by atoms with van der Waals surface area (Å²) in [6.45, 7) is 4.41. The number of likely N-dealkylation sites (N-methyl/N-ethyl adjacent to an activating group) is 1. The molecule has 2 rings (SSSR count). The summed E-state index contributed by atoms with van der Waals surface area (Å²) in [6, 6.07) is 15.2. The van der Waals surface area contributed by atoms with Crippen molar-refractivity contribution >= 4 is 5.91 Å². The Bertz CT molecular complexity index is 754. The van der Waals surface area contributed by atoms with E-state index in [1.165, 1.54) is 12.1 Å². The highest BCUT2D eigenvalue weighted by atomic mass is 19.1. The zero-order chi connectivity index (χ0) is 21.9. The van der Waals surface area contributed by atoms with Crippen LogP contribution in [0.25, 0.3) is 0 Å². The summed E-state index contributed by atoms with van der Waals surface area (Å²) in [7, 11) is 1.71. The number of halogens is 1. The Morgan fingerprint density at radius 3 is 2.40 bits per heavy atom. The molecule has 0 aliphatic heterocycles. The summed E-state index contributed by atoms with van der Waals surface area (Å²) in [4.78, 5) is 14.2. The van der Waals surface area contributed by atoms with Crippen molar-refractivity contribution in [3.63, 3.8) is 0 Å². The molecule has 2 aromatic rings. The molecule has 1 unspecified atom stereocenters. The molecular formula is C24H32FNO4. The molecular weight excluding hydrogens is 385 g/mol. The van der Waals surface area contributed by atoms with Gasteiger partial charge in [-0.3, -0.25) is 4.79 Å². The van der Waals surface area contributed by atoms with E-state index in [0.29, 0.717) is 25.9 Å². The predicted octanol–water partition coefficient (Wildman–Crippen LogP) is 4.63. The Balaban J connectivity index is 1.89. The van der Waals surface area contributed by atoms with E-state index in [-0.39, 0.29) is 30.7 Å². The summed E-state index contributed by atoms with van der Waals surface area (Å²) in [5.74, 6) is -0.342. The average Bonchev–Trinajstić information content (AvgIpc) is 2.77. The Morgan fingerprint density at radius 1 is 1.10 bits per heavy atom. The van der Waals surface area contributed by atoms with Gasteiger partial charge in [-0.15, -0.1) is 0 Å². The SMILES string of the molecule is CCOCO[C@@H](CCCC(=O)N(C)[C@@H](C)C(O)c1ccccc1)c1ccc(F)cc1. The lowest BCUT2D eigenvalue weighted by Gasteiger charge is -2.29. The predicted molar refractivity (Wildman–Crippen MR) is 114 cm³/mol. The van der Waals surface area contributed by atoms with Crippen molar-refractivity contribution in [3.05, 3.63) is 71.5 Å². The fraction of sp³-hybridized carbons (Fsp3) is 0.458. The monoisotopic (exact) mass is 417 g/mol. The zero-order valence-electron chi connectivity index (χ0n) is 18.0. The van der Waals surface area contributed by atoms with Crippen molar-refractivity contribution in [2.45, 2.75) is 51.4 Å². The maximum Gasteiger partial charge on any atom is 0.222 e. The maximum absolute atomic E-state index is 13.2. The van der Waals surface area contributed by atoms with Gasteiger partial charge in [-0.05, 0) is 49.9 Å². The van der Waals surface area contributed by atoms with Crippen LogP contribution in [0.4, 0.5) is 4.39 Å². The number of carbonyl (C=O) groups excluding carboxylic acids is 1. The second-order valence-electron chi connectivity index (χ2n) is 7.31. The van der Waals surface area contributed by atoms with Crippen LogP contribution in [-0.2, 0) is 14.3 Å². The number of hydrogen-bond donors (Lipinski definition) is 1. The summed E-state index contributed by atoms with van der Waals surface area (Å²) < 4.78 is 24.3. The number of amides is 1. The lowest BCUT2D eigenvalue weighted by Crippen LogP contribution is -2.39. The molecule has 0 saturated heterocycles. The third kappa shape index (κ3) is 7.20. The molecule has 0 aliphatic carbocycles. The minimum Gasteiger partial charge on any atom is -0.386 e. The zero-order valence-corrected chi connectivity index (χ0v) is 18.0. The molecule has 3 atom stereocenters. The van der Waals surface area contributed by atoms with Crippen LogP contribution in [0.3, 0.4) is 0 Å². The molecule has 2 aromatic carbocycles. The van der Waals surface area contributed by atoms with E-state index in [1.807, 2.05) is 44.2 Å². The fourth-order valence-electron chi connectivity index (χ4n) is 3.22. The van der Waals surface area contributed by atoms with Crippen molar-refractivity contribution < 1.29 is 23.8 Å². The average molecular weight is 418 g/mol. The van der Waals surface area contributed by atoms with Crippen LogP contribution in [0.15, 0.2) is 54.6 Å². The quantitative estimate of drug-likeness (QED) is 0.404. The van der Waals surface area contributed by atoms with Gasteiger partial charge in [0.1, 0.15) is 12.6 Å². The van der Waals surface area contributed by atoms with Crippen molar-refractivity contribution in [1.29, 1.82) is 0 Å². The molecule has 0 bridgehead atoms. The van der Waals surface area contributed by atoms with Crippen LogP contribution in [0.5, 0.6) is 0 Å². The smallest absolute Gasteiger partial charge is 0.222 e. The van der Waals surface area contributed by atoms with E-state index in [9.17, 15) is 14.3 Å². The Labute approximate surface area is 178 Å². The molecule has 5 nitrogen and oxygen atoms in total. The van der Waals surface area contributed by atoms with Gasteiger partial charge in [-0.1, -0.05) is 42.5 Å². The molecule has 0 aliphatic rings. The number of ether oxygens (including phenoxy) is 2. The van der Waals surface area contributed by atoms with Crippen LogP contribution in [0, 0.1) is 5.82 Å². The number of rotatable bonds is 12. The third-order valence-electron chi connectivity index (χ3n) is 5.26. The highest BCUT2D eigenvalue weighted by Gasteiger charge is 2.24. The van der Waals surface area contributed by atoms with Gasteiger partial charge in [-0.2, -0.15) is 0 Å². The van der Waals surface area contributed by atoms with Crippen LogP contribution in [0.1, 0.15) is 56.4 Å². The van der Waals surface area contributed by atoms with E-state index >= 15 is 0 Å². The minimum absolute atomic E-state index is 0.0415. The number of hydrogen-bond acceptors (Lipinski definition) is 4. The molecule has 0 fully saturated rings. The fourth-order valence-corrected chi connectivity index (χ4v) is 3.22. The molecule has 0 aromatic heterocycles. The molecule has 0 radical (unpaired) electrons. The second kappa shape index (κ2) is 12.4. The molecule has 30 heavy (non-hydrogen) atoms. The molecule has 0 spiro atoms. The Morgan fingerprint density at radius 2 is 1.77 bits per heavy atom. The second-order valence-corrected chi connectivity index (χ2v) is 7.31. The summed E-state index contributed by atoms with van der Waals surface area (Å²) in [5, 5.41) is 10.6. The first-order valence-corrected chi connectivity index (χ1v) is 10.4. The normalized spacial score (nSPS) is 14.2. The largest absolute Gasteiger partial charge is 0.386 e. The first kappa shape index (κ1) is 24.0. The highest BCUT2D eigenvalue weighted by molar-refractivity contribution is 5.76. The van der Waals surface area contributed by atoms with Gasteiger partial charge in [0, 0.05) is 20.1 Å². The lowest BCUT2D eigenvalue weighted by atomic mass is 10.0. The molecule has 1 amide bonds. The third-order valence-corrected chi connectivity index (χ3v) is 5.26. The number of nitrogens with zero attached hydrogens (tertiary/aromatic N) is 1. The standard InChI is InChI=1S/C24H32FNO4/c1-4-29-17-30-22(19-13-15-21(25)16-14-19)11-8-12-23(27)26(3)18(2)24(28)20-9-6-5-7-10-20/h5-7,9-10,13-16,18,22,24,28H,4,8,11-12,17H2,1-3H3/t18-,22-,24?/m0/s1. The van der Waals surface area contributed by atoms with Crippen LogP contribution >= 0.6 is 0 Å². The summed E-state index contributed by atoms with van der Waals surface area (Å²) in [5.41, 5.74) is 1.63. The van der Waals surface area contributed by atoms with Gasteiger partial charge in [-0.25, -0.2) is 4.39 Å². The van der Waals surface area contributed by atoms with Gasteiger partial charge in [0.2, 0.25) is 5.91 Å². The van der Waals surface area contributed by atoms with Gasteiger partial charge in [0.25, 0.3) is 0 Å². The lowest BCUT2D eigenvalue weighted by molar-refractivity contribution is -0.134. The molecule has 0 saturated carbocycles. The van der Waals surface area contributed by atoms with Crippen molar-refractivity contribution in [2.75, 3.05) is 20.4 Å². The molecule has 6 heteroatoms. The Kier molecular flexibility index (Phi) is 9.94. The number of aliphatic hydroxyl groups excluding tert-OH is 1. The van der Waals surface area contributed by atoms with E-state index in [0.717, 1.165) is 11.1 Å². The van der Waals surface area contributed by atoms with Gasteiger partial charge in [0.05, 0.1) is 18.2 Å². The van der Waals surface area contributed by atoms with Crippen molar-refractivity contribution in [2.24, 2.45) is 0 Å². The minimum atomic E-state index is -0.748. The molecule has 164 valence electrons. The summed E-state index contributed by atoms with van der Waals surface area (Å²) >= 11 is 0. The van der Waals surface area contributed by atoms with Crippen LogP contribution < -0.4 is 0 Å². The first-order valence-electron chi connectivity index (χ1n) is 10.4. The van der Waals surface area contributed by atoms with E-state index in [4.69, 9.17) is 9.47 Å². The molecule has 1 N–H and O–H groups in total. The maximum atomic E-state index is 13.2. The molecule has 0 heterocycles. The van der Waals surface area contributed by atoms with Crippen LogP contribution in [-0.4, -0.2) is 42.4 Å². The van der Waals surface area contributed by atoms with Gasteiger partial charge in [0.15, 0.2) is 0 Å². The number of aliphatic hydroxyl groups is 1. The number of benzene rings is 2. The first-order chi connectivity index (χ1) is 14.4. The van der Waals surface area contributed by atoms with Crippen LogP contribution in [0.2, 0.25) is 0 Å². The number of carbonyl (C=O) groups is 1. The van der Waals surface area contributed by atoms with E-state index in [1.54, 1.807) is 24.1 Å².